The van der Waals surface area contributed by atoms with Crippen LogP contribution in [0.2, 0.25) is 0 Å². The fraction of sp³-hybridized carbons (Fsp3) is 0. The summed E-state index contributed by atoms with van der Waals surface area (Å²) >= 11 is 0. The average Bonchev–Trinajstić information content (AvgIpc) is 2.36. The molecule has 0 unspecified atom stereocenters. The van der Waals surface area contributed by atoms with Crippen LogP contribution in [0.15, 0.2) is 10.2 Å². The van der Waals surface area contributed by atoms with E-state index in [1.807, 2.05) is 0 Å². The number of azo groups is 1. The molecule has 0 fully saturated rings. The predicted octanol–water partition coefficient (Wildman–Crippen LogP) is 1.03. The van der Waals surface area contributed by atoms with Gasteiger partial charge in [-0.1, -0.05) is 10.2 Å². The zero-order valence-electron chi connectivity index (χ0n) is 8.09. The monoisotopic (exact) mass is 260 g/mol. The summed E-state index contributed by atoms with van der Waals surface area (Å²) < 4.78 is 51.1. The van der Waals surface area contributed by atoms with E-state index in [0.717, 1.165) is 0 Å². The van der Waals surface area contributed by atoms with Gasteiger partial charge in [0.25, 0.3) is 11.9 Å². The zero-order valence-corrected chi connectivity index (χ0v) is 8.09. The van der Waals surface area contributed by atoms with Crippen LogP contribution in [0.5, 0.6) is 0 Å². The quantitative estimate of drug-likeness (QED) is 0.590. The summed E-state index contributed by atoms with van der Waals surface area (Å²) in [6.45, 7) is 0. The Bertz CT molecular complexity index is 563. The van der Waals surface area contributed by atoms with E-state index in [-0.39, 0.29) is 0 Å². The van der Waals surface area contributed by atoms with Crippen LogP contribution in [0.1, 0.15) is 0 Å². The number of halogens is 4. The minimum Gasteiger partial charge on any atom is -0.197 e. The molecule has 92 valence electrons. The van der Waals surface area contributed by atoms with Crippen LogP contribution < -0.4 is 0 Å². The molecule has 0 N–H and O–H groups in total. The highest BCUT2D eigenvalue weighted by Gasteiger charge is 2.14. The first-order valence-electron chi connectivity index (χ1n) is 4.10. The summed E-state index contributed by atoms with van der Waals surface area (Å²) in [6, 6.07) is 0. The molecule has 8 nitrogen and oxygen atoms in total. The lowest BCUT2D eigenvalue weighted by Crippen LogP contribution is -1.97. The van der Waals surface area contributed by atoms with Crippen molar-refractivity contribution in [3.05, 3.63) is 23.5 Å². The lowest BCUT2D eigenvalue weighted by Gasteiger charge is -1.94. The highest BCUT2D eigenvalue weighted by atomic mass is 19.2. The maximum Gasteiger partial charge on any atom is 0.274 e. The molecule has 18 heavy (non-hydrogen) atoms. The largest absolute Gasteiger partial charge is 0.274 e. The Hall–Kier alpha value is -2.66. The van der Waals surface area contributed by atoms with Gasteiger partial charge < -0.3 is 0 Å². The second-order valence-corrected chi connectivity index (χ2v) is 2.64. The van der Waals surface area contributed by atoms with E-state index in [1.165, 1.54) is 0 Å². The molecule has 12 heteroatoms. The van der Waals surface area contributed by atoms with Crippen molar-refractivity contribution in [1.82, 2.24) is 30.8 Å². The van der Waals surface area contributed by atoms with E-state index in [0.29, 0.717) is 0 Å². The van der Waals surface area contributed by atoms with Crippen molar-refractivity contribution in [2.45, 2.75) is 0 Å². The number of hydrogen-bond donors (Lipinski definition) is 0. The van der Waals surface area contributed by atoms with Gasteiger partial charge in [-0.3, -0.25) is 0 Å². The number of hydrogen-bond acceptors (Lipinski definition) is 8. The molecule has 2 aromatic rings. The van der Waals surface area contributed by atoms with Crippen LogP contribution in [0.3, 0.4) is 0 Å². The SMILES string of the molecule is Fc1nnnc(/N=N/c2nnnc(F)c2F)c1F. The Morgan fingerprint density at radius 3 is 1.39 bits per heavy atom. The second-order valence-electron chi connectivity index (χ2n) is 2.64. The van der Waals surface area contributed by atoms with Crippen molar-refractivity contribution in [3.63, 3.8) is 0 Å². The van der Waals surface area contributed by atoms with E-state index >= 15 is 0 Å². The smallest absolute Gasteiger partial charge is 0.197 e. The molecular weight excluding hydrogens is 260 g/mol. The Kier molecular flexibility index (Phi) is 3.07. The van der Waals surface area contributed by atoms with Gasteiger partial charge in [-0.05, 0) is 10.4 Å². The molecule has 0 saturated heterocycles. The lowest BCUT2D eigenvalue weighted by molar-refractivity contribution is 0.450. The molecule has 0 atom stereocenters. The summed E-state index contributed by atoms with van der Waals surface area (Å²) in [5.41, 5.74) is 0. The van der Waals surface area contributed by atoms with Crippen LogP contribution >= 0.6 is 0 Å². The van der Waals surface area contributed by atoms with Crippen LogP contribution in [0, 0.1) is 23.5 Å². The highest BCUT2D eigenvalue weighted by molar-refractivity contribution is 5.28. The van der Waals surface area contributed by atoms with Gasteiger partial charge in [0.15, 0.2) is 0 Å². The van der Waals surface area contributed by atoms with Crippen LogP contribution in [-0.4, -0.2) is 30.8 Å². The van der Waals surface area contributed by atoms with E-state index < -0.39 is 35.2 Å². The van der Waals surface area contributed by atoms with Crippen molar-refractivity contribution in [2.24, 2.45) is 10.2 Å². The Morgan fingerprint density at radius 1 is 0.611 bits per heavy atom. The molecule has 0 saturated carbocycles. The third-order valence-corrected chi connectivity index (χ3v) is 1.54. The molecule has 0 aliphatic heterocycles. The highest BCUT2D eigenvalue weighted by Crippen LogP contribution is 2.19. The molecule has 0 aliphatic rings. The minimum atomic E-state index is -1.56. The summed E-state index contributed by atoms with van der Waals surface area (Å²) in [5.74, 6) is -8.02. The first kappa shape index (κ1) is 11.8. The Balaban J connectivity index is 2.36. The number of nitrogens with zero attached hydrogens (tertiary/aromatic N) is 8. The van der Waals surface area contributed by atoms with Crippen molar-refractivity contribution >= 4 is 11.6 Å². The van der Waals surface area contributed by atoms with Gasteiger partial charge in [-0.15, -0.1) is 20.4 Å². The number of aromatic nitrogens is 6. The minimum absolute atomic E-state index is 0.902. The van der Waals surface area contributed by atoms with E-state index in [9.17, 15) is 17.6 Å². The molecule has 0 amide bonds. The van der Waals surface area contributed by atoms with Gasteiger partial charge >= 0.3 is 0 Å². The third kappa shape index (κ3) is 2.21. The standard InChI is InChI=1S/C6F4N8/c7-1-3(9)11-17-15-5(1)13-14-6-2(8)4(10)12-18-16-6/b14-13+. The zero-order chi connectivity index (χ0) is 13.1. The van der Waals surface area contributed by atoms with Gasteiger partial charge in [-0.25, -0.2) is 0 Å². The maximum atomic E-state index is 13.0. The van der Waals surface area contributed by atoms with Crippen LogP contribution in [0.4, 0.5) is 29.2 Å². The Morgan fingerprint density at radius 2 is 1.00 bits per heavy atom. The van der Waals surface area contributed by atoms with Gasteiger partial charge in [0.2, 0.25) is 23.3 Å². The second kappa shape index (κ2) is 4.68. The average molecular weight is 260 g/mol. The van der Waals surface area contributed by atoms with Crippen molar-refractivity contribution in [2.75, 3.05) is 0 Å². The molecule has 2 aromatic heterocycles. The van der Waals surface area contributed by atoms with Crippen LogP contribution in [-0.2, 0) is 0 Å². The van der Waals surface area contributed by atoms with Gasteiger partial charge in [-0.2, -0.15) is 17.6 Å². The first-order chi connectivity index (χ1) is 8.59. The fourth-order valence-electron chi connectivity index (χ4n) is 0.791. The lowest BCUT2D eigenvalue weighted by atomic mass is 10.5. The van der Waals surface area contributed by atoms with E-state index in [2.05, 4.69) is 41.0 Å². The molecule has 0 spiro atoms. The fourth-order valence-corrected chi connectivity index (χ4v) is 0.791. The predicted molar refractivity (Wildman–Crippen MR) is 43.7 cm³/mol. The van der Waals surface area contributed by atoms with E-state index in [1.54, 1.807) is 0 Å². The summed E-state index contributed by atoms with van der Waals surface area (Å²) in [7, 11) is 0. The normalized spacial score (nSPS) is 11.1. The van der Waals surface area contributed by atoms with Gasteiger partial charge in [0.1, 0.15) is 0 Å². The molecule has 0 aliphatic carbocycles. The van der Waals surface area contributed by atoms with Crippen molar-refractivity contribution in [1.29, 1.82) is 0 Å². The van der Waals surface area contributed by atoms with Crippen LogP contribution in [0.25, 0.3) is 0 Å². The number of rotatable bonds is 2. The summed E-state index contributed by atoms with van der Waals surface area (Å²) in [5, 5.41) is 22.9. The van der Waals surface area contributed by atoms with E-state index in [4.69, 9.17) is 0 Å². The third-order valence-electron chi connectivity index (χ3n) is 1.54. The molecule has 0 radical (unpaired) electrons. The maximum absolute atomic E-state index is 13.0. The van der Waals surface area contributed by atoms with Crippen molar-refractivity contribution < 1.29 is 17.6 Å². The molecule has 0 bridgehead atoms. The van der Waals surface area contributed by atoms with Crippen molar-refractivity contribution in [3.8, 4) is 0 Å². The topological polar surface area (TPSA) is 102 Å². The van der Waals surface area contributed by atoms with Gasteiger partial charge in [0, 0.05) is 0 Å². The molecule has 2 heterocycles. The molecule has 0 aromatic carbocycles. The Labute approximate surface area is 94.8 Å². The van der Waals surface area contributed by atoms with Gasteiger partial charge in [0.05, 0.1) is 0 Å². The molecule has 2 rings (SSSR count). The molecular formula is C6F4N8. The summed E-state index contributed by atoms with van der Waals surface area (Å²) in [4.78, 5) is 0. The first-order valence-corrected chi connectivity index (χ1v) is 4.10. The summed E-state index contributed by atoms with van der Waals surface area (Å²) in [6.07, 6.45) is 0.